The van der Waals surface area contributed by atoms with Crippen LogP contribution >= 0.6 is 0 Å². The van der Waals surface area contributed by atoms with Crippen molar-refractivity contribution in [2.45, 2.75) is 6.54 Å². The van der Waals surface area contributed by atoms with Gasteiger partial charge in [0.25, 0.3) is 0 Å². The first-order valence-corrected chi connectivity index (χ1v) is 7.25. The van der Waals surface area contributed by atoms with E-state index in [1.54, 1.807) is 19.3 Å². The molecule has 0 atom stereocenters. The number of aromatic nitrogens is 1. The molecule has 116 valence electrons. The van der Waals surface area contributed by atoms with Gasteiger partial charge < -0.3 is 14.4 Å². The molecule has 3 rings (SSSR count). The standard InChI is InChI=1S/C19H17NO3/c1-3-16-18(19(21)22)15-11-14(23-2)9-10-17(15)20(16)12-13-7-5-4-6-8-13/h3-11H,1,12H2,2H3,(H,21,22). The Bertz CT molecular complexity index is 879. The molecule has 0 bridgehead atoms. The van der Waals surface area contributed by atoms with Gasteiger partial charge in [0.1, 0.15) is 5.75 Å². The van der Waals surface area contributed by atoms with Gasteiger partial charge in [0, 0.05) is 17.4 Å². The number of carboxylic acids is 1. The van der Waals surface area contributed by atoms with Crippen molar-refractivity contribution in [3.63, 3.8) is 0 Å². The zero-order valence-corrected chi connectivity index (χ0v) is 12.8. The summed E-state index contributed by atoms with van der Waals surface area (Å²) in [5.41, 5.74) is 2.80. The predicted molar refractivity (Wildman–Crippen MR) is 91.1 cm³/mol. The van der Waals surface area contributed by atoms with Crippen LogP contribution in [0.25, 0.3) is 17.0 Å². The van der Waals surface area contributed by atoms with Crippen LogP contribution in [-0.4, -0.2) is 22.8 Å². The third kappa shape index (κ3) is 2.59. The molecule has 0 saturated carbocycles. The van der Waals surface area contributed by atoms with Crippen LogP contribution in [0.15, 0.2) is 55.1 Å². The van der Waals surface area contributed by atoms with Crippen LogP contribution in [0.5, 0.6) is 5.75 Å². The first kappa shape index (κ1) is 14.9. The van der Waals surface area contributed by atoms with Crippen molar-refractivity contribution in [2.24, 2.45) is 0 Å². The highest BCUT2D eigenvalue weighted by Gasteiger charge is 2.21. The molecule has 3 aromatic rings. The summed E-state index contributed by atoms with van der Waals surface area (Å²) in [6.07, 6.45) is 1.60. The van der Waals surface area contributed by atoms with Crippen LogP contribution in [0.2, 0.25) is 0 Å². The number of benzene rings is 2. The Kier molecular flexibility index (Phi) is 3.89. The molecule has 23 heavy (non-hydrogen) atoms. The van der Waals surface area contributed by atoms with Gasteiger partial charge in [0.2, 0.25) is 0 Å². The van der Waals surface area contributed by atoms with Crippen molar-refractivity contribution in [1.82, 2.24) is 4.57 Å². The molecule has 1 aromatic heterocycles. The molecule has 0 fully saturated rings. The number of carbonyl (C=O) groups is 1. The van der Waals surface area contributed by atoms with E-state index in [1.165, 1.54) is 0 Å². The molecule has 0 saturated heterocycles. The van der Waals surface area contributed by atoms with E-state index < -0.39 is 5.97 Å². The maximum atomic E-state index is 11.8. The summed E-state index contributed by atoms with van der Waals surface area (Å²) in [5.74, 6) is -0.336. The largest absolute Gasteiger partial charge is 0.497 e. The average Bonchev–Trinajstić information content (AvgIpc) is 2.88. The van der Waals surface area contributed by atoms with Crippen LogP contribution in [0.3, 0.4) is 0 Å². The van der Waals surface area contributed by atoms with E-state index in [9.17, 15) is 9.90 Å². The number of hydrogen-bond acceptors (Lipinski definition) is 2. The summed E-state index contributed by atoms with van der Waals surface area (Å²) in [6.45, 7) is 4.38. The molecule has 0 radical (unpaired) electrons. The van der Waals surface area contributed by atoms with Crippen LogP contribution in [-0.2, 0) is 6.54 Å². The number of carboxylic acid groups (broad SMARTS) is 1. The third-order valence-corrected chi connectivity index (χ3v) is 3.90. The van der Waals surface area contributed by atoms with E-state index in [0.29, 0.717) is 23.4 Å². The summed E-state index contributed by atoms with van der Waals surface area (Å²) in [5, 5.41) is 10.3. The minimum atomic E-state index is -0.968. The lowest BCUT2D eigenvalue weighted by Crippen LogP contribution is -2.04. The van der Waals surface area contributed by atoms with Gasteiger partial charge in [0.05, 0.1) is 18.4 Å². The smallest absolute Gasteiger partial charge is 0.338 e. The Morgan fingerprint density at radius 2 is 2.00 bits per heavy atom. The quantitative estimate of drug-likeness (QED) is 0.774. The maximum Gasteiger partial charge on any atom is 0.338 e. The number of ether oxygens (including phenoxy) is 1. The van der Waals surface area contributed by atoms with E-state index in [2.05, 4.69) is 6.58 Å². The number of aromatic carboxylic acids is 1. The number of fused-ring (bicyclic) bond motifs is 1. The molecule has 0 amide bonds. The van der Waals surface area contributed by atoms with E-state index in [4.69, 9.17) is 4.74 Å². The molecule has 1 N–H and O–H groups in total. The highest BCUT2D eigenvalue weighted by Crippen LogP contribution is 2.31. The molecular formula is C19H17NO3. The molecule has 4 nitrogen and oxygen atoms in total. The van der Waals surface area contributed by atoms with Gasteiger partial charge in [-0.15, -0.1) is 0 Å². The summed E-state index contributed by atoms with van der Waals surface area (Å²) in [4.78, 5) is 11.8. The van der Waals surface area contributed by atoms with Crippen LogP contribution < -0.4 is 4.74 Å². The highest BCUT2D eigenvalue weighted by molar-refractivity contribution is 6.07. The number of rotatable bonds is 5. The van der Waals surface area contributed by atoms with E-state index in [-0.39, 0.29) is 5.56 Å². The van der Waals surface area contributed by atoms with E-state index >= 15 is 0 Å². The van der Waals surface area contributed by atoms with Gasteiger partial charge in [-0.1, -0.05) is 36.9 Å². The van der Waals surface area contributed by atoms with Gasteiger partial charge >= 0.3 is 5.97 Å². The molecule has 0 aliphatic heterocycles. The Labute approximate surface area is 134 Å². The lowest BCUT2D eigenvalue weighted by atomic mass is 10.1. The molecule has 1 heterocycles. The van der Waals surface area contributed by atoms with Crippen LogP contribution in [0, 0.1) is 0 Å². The summed E-state index contributed by atoms with van der Waals surface area (Å²) in [6, 6.07) is 15.4. The minimum Gasteiger partial charge on any atom is -0.497 e. The van der Waals surface area contributed by atoms with Crippen molar-refractivity contribution in [3.8, 4) is 5.75 Å². The SMILES string of the molecule is C=Cc1c(C(=O)O)c2cc(OC)ccc2n1Cc1ccccc1. The topological polar surface area (TPSA) is 51.5 Å². The maximum absolute atomic E-state index is 11.8. The molecule has 0 unspecified atom stereocenters. The Morgan fingerprint density at radius 1 is 1.26 bits per heavy atom. The van der Waals surface area contributed by atoms with E-state index in [1.807, 2.05) is 47.0 Å². The number of hydrogen-bond donors (Lipinski definition) is 1. The molecule has 2 aromatic carbocycles. The second-order valence-electron chi connectivity index (χ2n) is 5.22. The van der Waals surface area contributed by atoms with Crippen molar-refractivity contribution >= 4 is 22.9 Å². The molecule has 0 spiro atoms. The number of nitrogens with zero attached hydrogens (tertiary/aromatic N) is 1. The van der Waals surface area contributed by atoms with Crippen LogP contribution in [0.1, 0.15) is 21.6 Å². The summed E-state index contributed by atoms with van der Waals surface area (Å²) >= 11 is 0. The fraction of sp³-hybridized carbons (Fsp3) is 0.105. The monoisotopic (exact) mass is 307 g/mol. The molecule has 0 aliphatic rings. The molecule has 4 heteroatoms. The lowest BCUT2D eigenvalue weighted by molar-refractivity contribution is 0.0698. The summed E-state index contributed by atoms with van der Waals surface area (Å²) in [7, 11) is 1.57. The fourth-order valence-corrected chi connectivity index (χ4v) is 2.85. The minimum absolute atomic E-state index is 0.254. The van der Waals surface area contributed by atoms with Crippen molar-refractivity contribution in [1.29, 1.82) is 0 Å². The summed E-state index contributed by atoms with van der Waals surface area (Å²) < 4.78 is 7.20. The van der Waals surface area contributed by atoms with Gasteiger partial charge in [-0.3, -0.25) is 0 Å². The normalized spacial score (nSPS) is 10.7. The predicted octanol–water partition coefficient (Wildman–Crippen LogP) is 4.04. The van der Waals surface area contributed by atoms with Crippen molar-refractivity contribution < 1.29 is 14.6 Å². The Hall–Kier alpha value is -3.01. The highest BCUT2D eigenvalue weighted by atomic mass is 16.5. The van der Waals surface area contributed by atoms with E-state index in [0.717, 1.165) is 11.1 Å². The van der Waals surface area contributed by atoms with Gasteiger partial charge in [-0.2, -0.15) is 0 Å². The Morgan fingerprint density at radius 3 is 2.61 bits per heavy atom. The third-order valence-electron chi connectivity index (χ3n) is 3.90. The first-order chi connectivity index (χ1) is 11.2. The number of methoxy groups -OCH3 is 1. The second-order valence-corrected chi connectivity index (χ2v) is 5.22. The Balaban J connectivity index is 2.27. The zero-order valence-electron chi connectivity index (χ0n) is 12.8. The second kappa shape index (κ2) is 6.01. The zero-order chi connectivity index (χ0) is 16.4. The van der Waals surface area contributed by atoms with Crippen LogP contribution in [0.4, 0.5) is 0 Å². The fourth-order valence-electron chi connectivity index (χ4n) is 2.85. The molecule has 0 aliphatic carbocycles. The van der Waals surface area contributed by atoms with Gasteiger partial charge in [-0.05, 0) is 29.8 Å². The van der Waals surface area contributed by atoms with Gasteiger partial charge in [0.15, 0.2) is 0 Å². The van der Waals surface area contributed by atoms with Gasteiger partial charge in [-0.25, -0.2) is 4.79 Å². The average molecular weight is 307 g/mol. The lowest BCUT2D eigenvalue weighted by Gasteiger charge is -2.09. The van der Waals surface area contributed by atoms with Crippen molar-refractivity contribution in [3.05, 3.63) is 71.9 Å². The van der Waals surface area contributed by atoms with Crippen molar-refractivity contribution in [2.75, 3.05) is 7.11 Å². The molecular weight excluding hydrogens is 290 g/mol. The first-order valence-electron chi connectivity index (χ1n) is 7.25.